The van der Waals surface area contributed by atoms with E-state index in [0.717, 1.165) is 0 Å². The number of carbonyl (C=O) groups is 1. The van der Waals surface area contributed by atoms with E-state index in [-0.39, 0.29) is 6.61 Å². The van der Waals surface area contributed by atoms with Gasteiger partial charge in [-0.15, -0.1) is 0 Å². The lowest BCUT2D eigenvalue weighted by atomic mass is 10.1. The highest BCUT2D eigenvalue weighted by Gasteiger charge is 2.53. The summed E-state index contributed by atoms with van der Waals surface area (Å²) in [4.78, 5) is 10.2. The summed E-state index contributed by atoms with van der Waals surface area (Å²) in [6, 6.07) is 0. The Morgan fingerprint density at radius 2 is 2.13 bits per heavy atom. The molecule has 1 saturated heterocycles. The molecule has 2 atom stereocenters. The molecule has 1 aliphatic rings. The standard InChI is InChI=1S/C8H12F2O5/c1-7(2)14-3-4(15-7)5(11)8(9,10)6(12)13/h4-5,11H,3H2,1-2H3,(H,12,13). The predicted molar refractivity (Wildman–Crippen MR) is 43.5 cm³/mol. The molecular weight excluding hydrogens is 214 g/mol. The van der Waals surface area contributed by atoms with Crippen LogP contribution in [0.4, 0.5) is 8.78 Å². The Labute approximate surface area is 84.6 Å². The molecule has 15 heavy (non-hydrogen) atoms. The van der Waals surface area contributed by atoms with Crippen LogP contribution in [0.5, 0.6) is 0 Å². The van der Waals surface area contributed by atoms with Gasteiger partial charge in [0, 0.05) is 0 Å². The van der Waals surface area contributed by atoms with Crippen LogP contribution in [0.25, 0.3) is 0 Å². The monoisotopic (exact) mass is 226 g/mol. The van der Waals surface area contributed by atoms with Gasteiger partial charge >= 0.3 is 11.9 Å². The summed E-state index contributed by atoms with van der Waals surface area (Å²) in [5, 5.41) is 17.3. The number of carboxylic acid groups (broad SMARTS) is 1. The van der Waals surface area contributed by atoms with E-state index in [4.69, 9.17) is 19.7 Å². The van der Waals surface area contributed by atoms with E-state index in [2.05, 4.69) is 0 Å². The van der Waals surface area contributed by atoms with Crippen molar-refractivity contribution >= 4 is 5.97 Å². The fourth-order valence-corrected chi connectivity index (χ4v) is 1.23. The number of aliphatic hydroxyl groups excluding tert-OH is 1. The van der Waals surface area contributed by atoms with Crippen LogP contribution in [0.15, 0.2) is 0 Å². The number of aliphatic carboxylic acids is 1. The van der Waals surface area contributed by atoms with E-state index < -0.39 is 29.9 Å². The van der Waals surface area contributed by atoms with Gasteiger partial charge < -0.3 is 19.7 Å². The Hall–Kier alpha value is -0.790. The van der Waals surface area contributed by atoms with Gasteiger partial charge in [-0.25, -0.2) is 4.79 Å². The number of rotatable bonds is 3. The van der Waals surface area contributed by atoms with Crippen LogP contribution >= 0.6 is 0 Å². The molecule has 7 heteroatoms. The second-order valence-electron chi connectivity index (χ2n) is 3.74. The molecule has 1 fully saturated rings. The molecule has 0 saturated carbocycles. The third-order valence-corrected chi connectivity index (χ3v) is 2.04. The quantitative estimate of drug-likeness (QED) is 0.719. The fraction of sp³-hybridized carbons (Fsp3) is 0.875. The maximum absolute atomic E-state index is 12.9. The zero-order chi connectivity index (χ0) is 11.9. The Morgan fingerprint density at radius 3 is 2.47 bits per heavy atom. The minimum absolute atomic E-state index is 0.267. The van der Waals surface area contributed by atoms with Gasteiger partial charge in [-0.2, -0.15) is 8.78 Å². The van der Waals surface area contributed by atoms with E-state index in [0.29, 0.717) is 0 Å². The molecular formula is C8H12F2O5. The fourth-order valence-electron chi connectivity index (χ4n) is 1.23. The number of halogens is 2. The van der Waals surface area contributed by atoms with Crippen molar-refractivity contribution in [1.29, 1.82) is 0 Å². The van der Waals surface area contributed by atoms with Gasteiger partial charge in [0.1, 0.15) is 6.10 Å². The van der Waals surface area contributed by atoms with Gasteiger partial charge in [0.2, 0.25) is 0 Å². The van der Waals surface area contributed by atoms with Crippen LogP contribution in [-0.2, 0) is 14.3 Å². The van der Waals surface area contributed by atoms with Gasteiger partial charge in [0.05, 0.1) is 6.61 Å². The highest BCUT2D eigenvalue weighted by molar-refractivity contribution is 5.76. The molecule has 0 aliphatic carbocycles. The molecule has 1 rings (SSSR count). The van der Waals surface area contributed by atoms with Crippen molar-refractivity contribution in [3.63, 3.8) is 0 Å². The summed E-state index contributed by atoms with van der Waals surface area (Å²) in [6.45, 7) is 2.70. The smallest absolute Gasteiger partial charge is 0.377 e. The van der Waals surface area contributed by atoms with Crippen LogP contribution < -0.4 is 0 Å². The molecule has 0 aromatic carbocycles. The van der Waals surface area contributed by atoms with Crippen molar-refractivity contribution in [3.05, 3.63) is 0 Å². The van der Waals surface area contributed by atoms with Crippen molar-refractivity contribution in [2.45, 2.75) is 37.8 Å². The summed E-state index contributed by atoms with van der Waals surface area (Å²) in [7, 11) is 0. The minimum Gasteiger partial charge on any atom is -0.477 e. The first kappa shape index (κ1) is 12.3. The van der Waals surface area contributed by atoms with Gasteiger partial charge in [0.25, 0.3) is 0 Å². The molecule has 1 aliphatic heterocycles. The number of aliphatic hydroxyl groups is 1. The number of hydrogen-bond acceptors (Lipinski definition) is 4. The van der Waals surface area contributed by atoms with Gasteiger partial charge in [-0.05, 0) is 13.8 Å². The molecule has 88 valence electrons. The zero-order valence-corrected chi connectivity index (χ0v) is 8.24. The van der Waals surface area contributed by atoms with Crippen molar-refractivity contribution in [2.24, 2.45) is 0 Å². The summed E-state index contributed by atoms with van der Waals surface area (Å²) in [5.74, 6) is -7.71. The lowest BCUT2D eigenvalue weighted by Gasteiger charge is -2.24. The Bertz CT molecular complexity index is 266. The Morgan fingerprint density at radius 1 is 1.60 bits per heavy atom. The summed E-state index contributed by atoms with van der Waals surface area (Å²) >= 11 is 0. The average molecular weight is 226 g/mol. The van der Waals surface area contributed by atoms with E-state index in [9.17, 15) is 13.6 Å². The highest BCUT2D eigenvalue weighted by Crippen LogP contribution is 2.30. The van der Waals surface area contributed by atoms with Crippen LogP contribution in [-0.4, -0.2) is 46.7 Å². The number of hydrogen-bond donors (Lipinski definition) is 2. The van der Waals surface area contributed by atoms with Crippen LogP contribution in [0, 0.1) is 0 Å². The van der Waals surface area contributed by atoms with E-state index in [1.165, 1.54) is 13.8 Å². The third kappa shape index (κ3) is 2.42. The van der Waals surface area contributed by atoms with E-state index in [1.54, 1.807) is 0 Å². The Balaban J connectivity index is 2.70. The maximum atomic E-state index is 12.9. The second-order valence-corrected chi connectivity index (χ2v) is 3.74. The average Bonchev–Trinajstić information content (AvgIpc) is 2.44. The molecule has 0 radical (unpaired) electrons. The van der Waals surface area contributed by atoms with Crippen molar-refractivity contribution in [2.75, 3.05) is 6.61 Å². The van der Waals surface area contributed by atoms with Crippen molar-refractivity contribution in [3.8, 4) is 0 Å². The zero-order valence-electron chi connectivity index (χ0n) is 8.24. The van der Waals surface area contributed by atoms with Gasteiger partial charge in [-0.3, -0.25) is 0 Å². The first-order valence-corrected chi connectivity index (χ1v) is 4.28. The lowest BCUT2D eigenvalue weighted by molar-refractivity contribution is -0.206. The van der Waals surface area contributed by atoms with E-state index >= 15 is 0 Å². The normalized spacial score (nSPS) is 27.7. The van der Waals surface area contributed by atoms with Crippen LogP contribution in [0.1, 0.15) is 13.8 Å². The molecule has 0 spiro atoms. The third-order valence-electron chi connectivity index (χ3n) is 2.04. The molecule has 0 aromatic rings. The van der Waals surface area contributed by atoms with Gasteiger partial charge in [0.15, 0.2) is 11.9 Å². The summed E-state index contributed by atoms with van der Waals surface area (Å²) in [5.41, 5.74) is 0. The number of ether oxygens (including phenoxy) is 2. The van der Waals surface area contributed by atoms with Gasteiger partial charge in [-0.1, -0.05) is 0 Å². The molecule has 1 heterocycles. The maximum Gasteiger partial charge on any atom is 0.377 e. The summed E-state index contributed by atoms with van der Waals surface area (Å²) in [6.07, 6.45) is -3.76. The SMILES string of the molecule is CC1(C)OCC(C(O)C(F)(F)C(=O)O)O1. The Kier molecular flexibility index (Phi) is 2.99. The van der Waals surface area contributed by atoms with Crippen molar-refractivity contribution < 1.29 is 33.3 Å². The second kappa shape index (κ2) is 3.66. The molecule has 2 N–H and O–H groups in total. The largest absolute Gasteiger partial charge is 0.477 e. The summed E-state index contributed by atoms with van der Waals surface area (Å²) < 4.78 is 35.6. The minimum atomic E-state index is -4.24. The molecule has 0 amide bonds. The first-order chi connectivity index (χ1) is 6.67. The van der Waals surface area contributed by atoms with E-state index in [1.807, 2.05) is 0 Å². The molecule has 0 aromatic heterocycles. The lowest BCUT2D eigenvalue weighted by Crippen LogP contribution is -2.49. The first-order valence-electron chi connectivity index (χ1n) is 4.28. The predicted octanol–water partition coefficient (Wildman–Crippen LogP) is 0.219. The highest BCUT2D eigenvalue weighted by atomic mass is 19.3. The topological polar surface area (TPSA) is 76.0 Å². The van der Waals surface area contributed by atoms with Crippen LogP contribution in [0.3, 0.4) is 0 Å². The van der Waals surface area contributed by atoms with Crippen LogP contribution in [0.2, 0.25) is 0 Å². The molecule has 5 nitrogen and oxygen atoms in total. The number of alkyl halides is 2. The molecule has 2 unspecified atom stereocenters. The molecule has 0 bridgehead atoms. The number of carboxylic acids is 1. The van der Waals surface area contributed by atoms with Crippen molar-refractivity contribution in [1.82, 2.24) is 0 Å².